The van der Waals surface area contributed by atoms with Crippen molar-refractivity contribution in [2.45, 2.75) is 26.3 Å². The van der Waals surface area contributed by atoms with Gasteiger partial charge in [-0.15, -0.1) is 0 Å². The lowest BCUT2D eigenvalue weighted by atomic mass is 10.1. The summed E-state index contributed by atoms with van der Waals surface area (Å²) in [5.41, 5.74) is 1.22. The lowest BCUT2D eigenvalue weighted by Crippen LogP contribution is -2.22. The third-order valence-corrected chi connectivity index (χ3v) is 3.42. The molecule has 2 heterocycles. The fourth-order valence-corrected chi connectivity index (χ4v) is 2.16. The van der Waals surface area contributed by atoms with Crippen LogP contribution >= 0.6 is 0 Å². The van der Waals surface area contributed by atoms with Gasteiger partial charge in [-0.2, -0.15) is 10.2 Å². The Morgan fingerprint density at radius 3 is 2.71 bits per heavy atom. The van der Waals surface area contributed by atoms with Gasteiger partial charge >= 0.3 is 0 Å². The predicted molar refractivity (Wildman–Crippen MR) is 88.7 cm³/mol. The number of rotatable bonds is 3. The molecule has 124 valence electrons. The molecule has 1 aromatic carbocycles. The molecule has 2 aromatic heterocycles. The fourth-order valence-electron chi connectivity index (χ4n) is 2.16. The monoisotopic (exact) mass is 327 g/mol. The Balaban J connectivity index is 1.76. The van der Waals surface area contributed by atoms with Gasteiger partial charge < -0.3 is 5.32 Å². The topological polar surface area (TPSA) is 64.7 Å². The second-order valence-electron chi connectivity index (χ2n) is 6.42. The molecular weight excluding hydrogens is 309 g/mol. The second kappa shape index (κ2) is 5.92. The Bertz CT molecular complexity index is 875. The number of hydrogen-bond acceptors (Lipinski definition) is 3. The number of carbonyl (C=O) groups is 1. The van der Waals surface area contributed by atoms with Gasteiger partial charge in [0, 0.05) is 12.4 Å². The van der Waals surface area contributed by atoms with Crippen LogP contribution in [-0.4, -0.2) is 25.5 Å². The highest BCUT2D eigenvalue weighted by Gasteiger charge is 2.16. The first kappa shape index (κ1) is 15.9. The summed E-state index contributed by atoms with van der Waals surface area (Å²) in [4.78, 5) is 12.3. The van der Waals surface area contributed by atoms with Gasteiger partial charge in [-0.1, -0.05) is 6.07 Å². The van der Waals surface area contributed by atoms with E-state index in [1.54, 1.807) is 41.5 Å². The van der Waals surface area contributed by atoms with Crippen molar-refractivity contribution in [1.82, 2.24) is 19.6 Å². The number of aromatic nitrogens is 4. The molecule has 0 bridgehead atoms. The van der Waals surface area contributed by atoms with Crippen LogP contribution in [0.3, 0.4) is 0 Å². The standard InChI is InChI=1S/C17H18FN5O/c1-17(2,3)23-11-13(10-19-23)20-16(24)15-7-8-22(21-15)14-6-4-5-12(18)9-14/h4-11H,1-3H3,(H,20,24). The molecule has 3 rings (SSSR count). The number of anilines is 1. The van der Waals surface area contributed by atoms with E-state index in [2.05, 4.69) is 15.5 Å². The van der Waals surface area contributed by atoms with E-state index in [9.17, 15) is 9.18 Å². The van der Waals surface area contributed by atoms with Crippen molar-refractivity contribution in [3.63, 3.8) is 0 Å². The molecule has 7 heteroatoms. The Labute approximate surface area is 138 Å². The van der Waals surface area contributed by atoms with Gasteiger partial charge in [0.15, 0.2) is 5.69 Å². The molecule has 0 spiro atoms. The number of halogens is 1. The van der Waals surface area contributed by atoms with E-state index < -0.39 is 0 Å². The zero-order valence-electron chi connectivity index (χ0n) is 13.7. The molecule has 0 aliphatic heterocycles. The maximum absolute atomic E-state index is 13.3. The highest BCUT2D eigenvalue weighted by molar-refractivity contribution is 6.02. The van der Waals surface area contributed by atoms with Crippen molar-refractivity contribution >= 4 is 11.6 Å². The normalized spacial score (nSPS) is 11.5. The average molecular weight is 327 g/mol. The summed E-state index contributed by atoms with van der Waals surface area (Å²) in [6.45, 7) is 6.06. The molecule has 24 heavy (non-hydrogen) atoms. The lowest BCUT2D eigenvalue weighted by molar-refractivity contribution is 0.102. The van der Waals surface area contributed by atoms with Crippen molar-refractivity contribution in [2.75, 3.05) is 5.32 Å². The summed E-state index contributed by atoms with van der Waals surface area (Å²) < 4.78 is 16.5. The van der Waals surface area contributed by atoms with E-state index >= 15 is 0 Å². The SMILES string of the molecule is CC(C)(C)n1cc(NC(=O)c2ccn(-c3cccc(F)c3)n2)cn1. The number of nitrogens with zero attached hydrogens (tertiary/aromatic N) is 4. The van der Waals surface area contributed by atoms with Crippen LogP contribution in [0, 0.1) is 5.82 Å². The minimum absolute atomic E-state index is 0.165. The van der Waals surface area contributed by atoms with Gasteiger partial charge in [-0.3, -0.25) is 9.48 Å². The van der Waals surface area contributed by atoms with E-state index in [1.165, 1.54) is 16.8 Å². The summed E-state index contributed by atoms with van der Waals surface area (Å²) in [5.74, 6) is -0.706. The van der Waals surface area contributed by atoms with E-state index in [1.807, 2.05) is 20.8 Å². The molecule has 0 fully saturated rings. The number of amides is 1. The smallest absolute Gasteiger partial charge is 0.276 e. The minimum Gasteiger partial charge on any atom is -0.318 e. The van der Waals surface area contributed by atoms with Crippen LogP contribution < -0.4 is 5.32 Å². The summed E-state index contributed by atoms with van der Waals surface area (Å²) in [7, 11) is 0. The Morgan fingerprint density at radius 1 is 1.25 bits per heavy atom. The molecular formula is C17H18FN5O. The van der Waals surface area contributed by atoms with Crippen LogP contribution in [0.2, 0.25) is 0 Å². The van der Waals surface area contributed by atoms with E-state index in [0.717, 1.165) is 0 Å². The summed E-state index contributed by atoms with van der Waals surface area (Å²) in [6, 6.07) is 7.59. The molecule has 0 radical (unpaired) electrons. The Kier molecular flexibility index (Phi) is 3.92. The maximum atomic E-state index is 13.3. The maximum Gasteiger partial charge on any atom is 0.276 e. The number of benzene rings is 1. The minimum atomic E-state index is -0.358. The van der Waals surface area contributed by atoms with Crippen molar-refractivity contribution in [1.29, 1.82) is 0 Å². The van der Waals surface area contributed by atoms with Crippen molar-refractivity contribution in [3.05, 3.63) is 60.4 Å². The van der Waals surface area contributed by atoms with Crippen LogP contribution in [0.1, 0.15) is 31.3 Å². The Hall–Kier alpha value is -2.96. The van der Waals surface area contributed by atoms with Crippen LogP contribution in [0.25, 0.3) is 5.69 Å². The highest BCUT2D eigenvalue weighted by Crippen LogP contribution is 2.16. The van der Waals surface area contributed by atoms with Gasteiger partial charge in [-0.05, 0) is 45.0 Å². The van der Waals surface area contributed by atoms with Crippen molar-refractivity contribution in [2.24, 2.45) is 0 Å². The van der Waals surface area contributed by atoms with Gasteiger partial charge in [0.2, 0.25) is 0 Å². The van der Waals surface area contributed by atoms with Crippen LogP contribution in [0.15, 0.2) is 48.9 Å². The second-order valence-corrected chi connectivity index (χ2v) is 6.42. The number of carbonyl (C=O) groups excluding carboxylic acids is 1. The molecule has 0 aliphatic rings. The molecule has 0 unspecified atom stereocenters. The first-order valence-corrected chi connectivity index (χ1v) is 7.51. The number of hydrogen-bond donors (Lipinski definition) is 1. The van der Waals surface area contributed by atoms with Gasteiger partial charge in [0.25, 0.3) is 5.91 Å². The summed E-state index contributed by atoms with van der Waals surface area (Å²) in [6.07, 6.45) is 4.97. The molecule has 0 saturated carbocycles. The molecule has 6 nitrogen and oxygen atoms in total. The quantitative estimate of drug-likeness (QED) is 0.803. The van der Waals surface area contributed by atoms with Crippen LogP contribution in [0.4, 0.5) is 10.1 Å². The lowest BCUT2D eigenvalue weighted by Gasteiger charge is -2.18. The fraction of sp³-hybridized carbons (Fsp3) is 0.235. The summed E-state index contributed by atoms with van der Waals surface area (Å²) >= 11 is 0. The average Bonchev–Trinajstić information content (AvgIpc) is 3.15. The zero-order valence-corrected chi connectivity index (χ0v) is 13.7. The molecule has 0 saturated heterocycles. The third kappa shape index (κ3) is 3.34. The van der Waals surface area contributed by atoms with Gasteiger partial charge in [0.05, 0.1) is 23.1 Å². The van der Waals surface area contributed by atoms with E-state index in [0.29, 0.717) is 11.4 Å². The highest BCUT2D eigenvalue weighted by atomic mass is 19.1. The molecule has 1 amide bonds. The first-order valence-electron chi connectivity index (χ1n) is 7.51. The largest absolute Gasteiger partial charge is 0.318 e. The Morgan fingerprint density at radius 2 is 2.04 bits per heavy atom. The van der Waals surface area contributed by atoms with Gasteiger partial charge in [-0.25, -0.2) is 9.07 Å². The molecule has 3 aromatic rings. The summed E-state index contributed by atoms with van der Waals surface area (Å²) in [5, 5.41) is 11.2. The predicted octanol–water partition coefficient (Wildman–Crippen LogP) is 3.22. The molecule has 1 N–H and O–H groups in total. The first-order chi connectivity index (χ1) is 11.3. The molecule has 0 aliphatic carbocycles. The molecule has 0 atom stereocenters. The zero-order chi connectivity index (χ0) is 17.3. The van der Waals surface area contributed by atoms with E-state index in [4.69, 9.17) is 0 Å². The third-order valence-electron chi connectivity index (χ3n) is 3.42. The van der Waals surface area contributed by atoms with E-state index in [-0.39, 0.29) is 23.0 Å². The van der Waals surface area contributed by atoms with Gasteiger partial charge in [0.1, 0.15) is 5.82 Å². The van der Waals surface area contributed by atoms with Crippen LogP contribution in [0.5, 0.6) is 0 Å². The van der Waals surface area contributed by atoms with Crippen molar-refractivity contribution in [3.8, 4) is 5.69 Å². The van der Waals surface area contributed by atoms with Crippen LogP contribution in [-0.2, 0) is 5.54 Å². The van der Waals surface area contributed by atoms with Crippen molar-refractivity contribution < 1.29 is 9.18 Å². The number of nitrogens with one attached hydrogen (secondary N) is 1.